The van der Waals surface area contributed by atoms with Gasteiger partial charge in [-0.3, -0.25) is 9.36 Å². The van der Waals surface area contributed by atoms with Crippen LogP contribution in [-0.2, 0) is 16.1 Å². The van der Waals surface area contributed by atoms with Gasteiger partial charge in [0.15, 0.2) is 5.58 Å². The van der Waals surface area contributed by atoms with Crippen LogP contribution in [0.15, 0.2) is 33.5 Å². The Balaban J connectivity index is 0.000000572. The Morgan fingerprint density at radius 1 is 1.22 bits per heavy atom. The molecule has 0 saturated carbocycles. The molecular formula is C22H25F3N4O7. The number of carbonyl (C=O) groups is 3. The van der Waals surface area contributed by atoms with Crippen molar-refractivity contribution >= 4 is 34.6 Å². The number of amides is 1. The molecule has 0 saturated heterocycles. The van der Waals surface area contributed by atoms with Gasteiger partial charge in [-0.1, -0.05) is 0 Å². The first kappa shape index (κ1) is 28.2. The Hall–Kier alpha value is -4.07. The topological polar surface area (TPSA) is 147 Å². The summed E-state index contributed by atoms with van der Waals surface area (Å²) in [7, 11) is 3.84. The van der Waals surface area contributed by atoms with E-state index in [0.29, 0.717) is 41.1 Å². The Labute approximate surface area is 202 Å². The predicted molar refractivity (Wildman–Crippen MR) is 122 cm³/mol. The fourth-order valence-electron chi connectivity index (χ4n) is 2.95. The molecule has 0 bridgehead atoms. The molecule has 36 heavy (non-hydrogen) atoms. The second-order valence-corrected chi connectivity index (χ2v) is 7.70. The summed E-state index contributed by atoms with van der Waals surface area (Å²) in [4.78, 5) is 50.4. The van der Waals surface area contributed by atoms with Crippen molar-refractivity contribution in [2.24, 2.45) is 0 Å². The quantitative estimate of drug-likeness (QED) is 0.408. The number of esters is 1. The Morgan fingerprint density at radius 2 is 1.86 bits per heavy atom. The zero-order valence-electron chi connectivity index (χ0n) is 19.9. The molecule has 0 aliphatic carbocycles. The first-order valence-corrected chi connectivity index (χ1v) is 10.5. The summed E-state index contributed by atoms with van der Waals surface area (Å²) in [5.74, 6) is -4.09. The maximum Gasteiger partial charge on any atom is 0.490 e. The molecule has 0 aliphatic heterocycles. The summed E-state index contributed by atoms with van der Waals surface area (Å²) < 4.78 is 43.5. The number of hydrogen-bond donors (Lipinski definition) is 3. The molecule has 1 amide bonds. The van der Waals surface area contributed by atoms with Crippen LogP contribution in [0.1, 0.15) is 33.5 Å². The van der Waals surface area contributed by atoms with Gasteiger partial charge < -0.3 is 29.5 Å². The van der Waals surface area contributed by atoms with Crippen LogP contribution in [0.25, 0.3) is 11.1 Å². The van der Waals surface area contributed by atoms with E-state index in [9.17, 15) is 27.6 Å². The number of nitrogens with zero attached hydrogens (tertiary/aromatic N) is 2. The summed E-state index contributed by atoms with van der Waals surface area (Å²) in [5.41, 5.74) is 2.67. The van der Waals surface area contributed by atoms with E-state index in [0.717, 1.165) is 0 Å². The van der Waals surface area contributed by atoms with Crippen LogP contribution < -0.4 is 11.1 Å². The molecule has 3 rings (SSSR count). The number of carbonyl (C=O) groups excluding carboxylic acids is 2. The fraction of sp³-hybridized carbons (Fsp3) is 0.364. The van der Waals surface area contributed by atoms with E-state index >= 15 is 0 Å². The number of anilines is 1. The highest BCUT2D eigenvalue weighted by molar-refractivity contribution is 6.05. The number of aromatic nitrogens is 2. The molecule has 3 aromatic rings. The number of likely N-dealkylation sites (N-methyl/N-ethyl adjacent to an activating group) is 1. The molecular weight excluding hydrogens is 489 g/mol. The molecule has 14 heteroatoms. The standard InChI is InChI=1S/C20H24N4O5.C2HF3O2/c1-5-28-19(26)14-11-15(21-12(14)2)18(25)22-13-6-7-17-16(10-13)24(20(27)29-17)9-8-23(3)4;3-2(4,5)1(6)7/h6-7,10-11,21H,5,8-9H2,1-4H3,(H,22,25);(H,6,7). The van der Waals surface area contributed by atoms with Crippen LogP contribution in [0, 0.1) is 6.92 Å². The van der Waals surface area contributed by atoms with Gasteiger partial charge in [-0.2, -0.15) is 13.2 Å². The van der Waals surface area contributed by atoms with E-state index < -0.39 is 29.8 Å². The summed E-state index contributed by atoms with van der Waals surface area (Å²) >= 11 is 0. The predicted octanol–water partition coefficient (Wildman–Crippen LogP) is 2.85. The van der Waals surface area contributed by atoms with E-state index in [1.54, 1.807) is 32.0 Å². The molecule has 0 atom stereocenters. The lowest BCUT2D eigenvalue weighted by Crippen LogP contribution is -2.23. The number of benzene rings is 1. The number of oxazole rings is 1. The number of aromatic amines is 1. The highest BCUT2D eigenvalue weighted by Gasteiger charge is 2.38. The van der Waals surface area contributed by atoms with Crippen molar-refractivity contribution in [1.29, 1.82) is 0 Å². The number of rotatable bonds is 7. The molecule has 0 fully saturated rings. The van der Waals surface area contributed by atoms with Crippen molar-refractivity contribution < 1.29 is 41.8 Å². The maximum absolute atomic E-state index is 12.6. The van der Waals surface area contributed by atoms with Gasteiger partial charge in [0.25, 0.3) is 5.91 Å². The minimum absolute atomic E-state index is 0.239. The third-order valence-electron chi connectivity index (χ3n) is 4.69. The van der Waals surface area contributed by atoms with Gasteiger partial charge in [-0.05, 0) is 52.2 Å². The lowest BCUT2D eigenvalue weighted by Gasteiger charge is -2.09. The van der Waals surface area contributed by atoms with Gasteiger partial charge in [-0.25, -0.2) is 14.4 Å². The van der Waals surface area contributed by atoms with Crippen molar-refractivity contribution in [3.8, 4) is 0 Å². The smallest absolute Gasteiger partial charge is 0.475 e. The Kier molecular flexibility index (Phi) is 9.06. The van der Waals surface area contributed by atoms with E-state index in [1.165, 1.54) is 10.6 Å². The van der Waals surface area contributed by atoms with Crippen molar-refractivity contribution in [2.75, 3.05) is 32.6 Å². The first-order chi connectivity index (χ1) is 16.7. The molecule has 11 nitrogen and oxygen atoms in total. The van der Waals surface area contributed by atoms with Gasteiger partial charge in [-0.15, -0.1) is 0 Å². The average Bonchev–Trinajstić information content (AvgIpc) is 3.31. The molecule has 0 unspecified atom stereocenters. The number of fused-ring (bicyclic) bond motifs is 1. The van der Waals surface area contributed by atoms with Crippen LogP contribution in [0.4, 0.5) is 18.9 Å². The number of ether oxygens (including phenoxy) is 1. The monoisotopic (exact) mass is 514 g/mol. The number of aliphatic carboxylic acids is 1. The normalized spacial score (nSPS) is 11.2. The zero-order valence-corrected chi connectivity index (χ0v) is 19.9. The second-order valence-electron chi connectivity index (χ2n) is 7.70. The number of alkyl halides is 3. The third-order valence-corrected chi connectivity index (χ3v) is 4.69. The van der Waals surface area contributed by atoms with Gasteiger partial charge >= 0.3 is 23.9 Å². The van der Waals surface area contributed by atoms with Crippen LogP contribution in [0.3, 0.4) is 0 Å². The minimum atomic E-state index is -5.08. The number of H-pyrrole nitrogens is 1. The average molecular weight is 514 g/mol. The van der Waals surface area contributed by atoms with Gasteiger partial charge in [0.05, 0.1) is 17.7 Å². The summed E-state index contributed by atoms with van der Waals surface area (Å²) in [6, 6.07) is 6.45. The van der Waals surface area contributed by atoms with Crippen LogP contribution in [0.5, 0.6) is 0 Å². The molecule has 0 aliphatic rings. The van der Waals surface area contributed by atoms with Crippen molar-refractivity contribution in [3.05, 3.63) is 51.8 Å². The van der Waals surface area contributed by atoms with Gasteiger partial charge in [0.2, 0.25) is 0 Å². The summed E-state index contributed by atoms with van der Waals surface area (Å²) in [6.07, 6.45) is -5.08. The third kappa shape index (κ3) is 7.21. The van der Waals surface area contributed by atoms with E-state index in [1.807, 2.05) is 19.0 Å². The molecule has 0 spiro atoms. The number of aryl methyl sites for hydroxylation is 1. The number of nitrogens with one attached hydrogen (secondary N) is 2. The van der Waals surface area contributed by atoms with Crippen molar-refractivity contribution in [2.45, 2.75) is 26.6 Å². The van der Waals surface area contributed by atoms with Crippen LogP contribution >= 0.6 is 0 Å². The number of hydrogen-bond acceptors (Lipinski definition) is 7. The molecule has 3 N–H and O–H groups in total. The highest BCUT2D eigenvalue weighted by atomic mass is 19.4. The molecule has 2 aromatic heterocycles. The van der Waals surface area contributed by atoms with Gasteiger partial charge in [0, 0.05) is 24.5 Å². The first-order valence-electron chi connectivity index (χ1n) is 10.5. The summed E-state index contributed by atoms with van der Waals surface area (Å²) in [5, 5.41) is 9.90. The molecule has 196 valence electrons. The second kappa shape index (κ2) is 11.6. The fourth-order valence-corrected chi connectivity index (χ4v) is 2.95. The van der Waals surface area contributed by atoms with E-state index in [4.69, 9.17) is 19.1 Å². The number of halogens is 3. The molecule has 0 radical (unpaired) electrons. The van der Waals surface area contributed by atoms with Crippen LogP contribution in [0.2, 0.25) is 0 Å². The maximum atomic E-state index is 12.6. The number of carboxylic acid groups (broad SMARTS) is 1. The molecule has 1 aromatic carbocycles. The van der Waals surface area contributed by atoms with Crippen molar-refractivity contribution in [3.63, 3.8) is 0 Å². The lowest BCUT2D eigenvalue weighted by atomic mass is 10.2. The number of carboxylic acids is 1. The van der Waals surface area contributed by atoms with Crippen molar-refractivity contribution in [1.82, 2.24) is 14.5 Å². The largest absolute Gasteiger partial charge is 0.490 e. The van der Waals surface area contributed by atoms with E-state index in [-0.39, 0.29) is 12.3 Å². The zero-order chi connectivity index (χ0) is 27.2. The van der Waals surface area contributed by atoms with Gasteiger partial charge in [0.1, 0.15) is 5.69 Å². The highest BCUT2D eigenvalue weighted by Crippen LogP contribution is 2.20. The summed E-state index contributed by atoms with van der Waals surface area (Å²) in [6.45, 7) is 4.81. The SMILES string of the molecule is CCOC(=O)c1cc(C(=O)Nc2ccc3oc(=O)n(CCN(C)C)c3c2)[nH]c1C.O=C(O)C(F)(F)F. The van der Waals surface area contributed by atoms with E-state index in [2.05, 4.69) is 10.3 Å². The minimum Gasteiger partial charge on any atom is -0.475 e. The molecule has 2 heterocycles. The Morgan fingerprint density at radius 3 is 2.42 bits per heavy atom. The lowest BCUT2D eigenvalue weighted by molar-refractivity contribution is -0.192. The van der Waals surface area contributed by atoms with Crippen LogP contribution in [-0.4, -0.2) is 70.8 Å². The Bertz CT molecular complexity index is 1310.